The molecule has 1 aliphatic rings. The Bertz CT molecular complexity index is 361. The number of hydrogen-bond donors (Lipinski definition) is 1. The monoisotopic (exact) mass is 207 g/mol. The quantitative estimate of drug-likeness (QED) is 0.739. The number of benzene rings is 1. The summed E-state index contributed by atoms with van der Waals surface area (Å²) in [7, 11) is 0. The van der Waals surface area contributed by atoms with Gasteiger partial charge in [0.15, 0.2) is 0 Å². The zero-order valence-electron chi connectivity index (χ0n) is 9.39. The van der Waals surface area contributed by atoms with Crippen LogP contribution in [0.4, 0.5) is 10.1 Å². The number of hydrogen-bond acceptors (Lipinski definition) is 1. The topological polar surface area (TPSA) is 26.0 Å². The Labute approximate surface area is 90.5 Å². The number of alkyl halides is 1. The van der Waals surface area contributed by atoms with E-state index >= 15 is 0 Å². The second kappa shape index (κ2) is 3.22. The molecule has 2 heteroatoms. The first kappa shape index (κ1) is 10.5. The molecular formula is C13H18FN. The Kier molecular flexibility index (Phi) is 2.25. The second-order valence-corrected chi connectivity index (χ2v) is 5.03. The number of nitrogens with two attached hydrogens (primary N) is 1. The highest BCUT2D eigenvalue weighted by Gasteiger charge is 2.51. The summed E-state index contributed by atoms with van der Waals surface area (Å²) in [5, 5.41) is 0. The van der Waals surface area contributed by atoms with Crippen molar-refractivity contribution in [1.82, 2.24) is 0 Å². The molecule has 0 atom stereocenters. The maximum atomic E-state index is 14.3. The van der Waals surface area contributed by atoms with E-state index in [2.05, 4.69) is 0 Å². The van der Waals surface area contributed by atoms with Crippen molar-refractivity contribution in [2.24, 2.45) is 0 Å². The van der Waals surface area contributed by atoms with E-state index in [1.165, 1.54) is 0 Å². The first-order valence-electron chi connectivity index (χ1n) is 5.51. The largest absolute Gasteiger partial charge is 0.399 e. The lowest BCUT2D eigenvalue weighted by Crippen LogP contribution is -2.49. The lowest BCUT2D eigenvalue weighted by molar-refractivity contribution is 0.0268. The predicted octanol–water partition coefficient (Wildman–Crippen LogP) is 3.44. The Morgan fingerprint density at radius 2 is 2.00 bits per heavy atom. The molecule has 0 unspecified atom stereocenters. The van der Waals surface area contributed by atoms with Crippen LogP contribution in [0.5, 0.6) is 0 Å². The average molecular weight is 207 g/mol. The number of rotatable bonds is 2. The molecule has 2 rings (SSSR count). The molecule has 0 bridgehead atoms. The first-order valence-corrected chi connectivity index (χ1v) is 5.51. The zero-order chi connectivity index (χ0) is 11.1. The van der Waals surface area contributed by atoms with E-state index in [0.29, 0.717) is 0 Å². The lowest BCUT2D eigenvalue weighted by atomic mass is 9.57. The molecule has 1 aliphatic carbocycles. The first-order chi connectivity index (χ1) is 6.96. The molecule has 0 spiro atoms. The van der Waals surface area contributed by atoms with Crippen LogP contribution in [0, 0.1) is 0 Å². The maximum Gasteiger partial charge on any atom is 0.115 e. The van der Waals surface area contributed by atoms with Gasteiger partial charge in [-0.05, 0) is 44.4 Å². The van der Waals surface area contributed by atoms with E-state index in [9.17, 15) is 4.39 Å². The van der Waals surface area contributed by atoms with Crippen molar-refractivity contribution in [3.05, 3.63) is 29.8 Å². The van der Waals surface area contributed by atoms with Crippen molar-refractivity contribution < 1.29 is 4.39 Å². The molecular weight excluding hydrogens is 189 g/mol. The summed E-state index contributed by atoms with van der Waals surface area (Å²) in [4.78, 5) is 0. The predicted molar refractivity (Wildman–Crippen MR) is 61.6 cm³/mol. The van der Waals surface area contributed by atoms with Crippen molar-refractivity contribution in [2.75, 3.05) is 5.73 Å². The summed E-state index contributed by atoms with van der Waals surface area (Å²) in [5.74, 6) is 0. The zero-order valence-corrected chi connectivity index (χ0v) is 9.39. The highest BCUT2D eigenvalue weighted by atomic mass is 19.1. The van der Waals surface area contributed by atoms with E-state index in [0.717, 1.165) is 30.5 Å². The number of nitrogen functional groups attached to an aromatic ring is 1. The second-order valence-electron chi connectivity index (χ2n) is 5.03. The minimum Gasteiger partial charge on any atom is -0.399 e. The van der Waals surface area contributed by atoms with Crippen LogP contribution < -0.4 is 5.73 Å². The Morgan fingerprint density at radius 3 is 2.40 bits per heavy atom. The lowest BCUT2D eigenvalue weighted by Gasteiger charge is -2.49. The molecule has 1 aromatic carbocycles. The Morgan fingerprint density at radius 1 is 1.33 bits per heavy atom. The summed E-state index contributed by atoms with van der Waals surface area (Å²) >= 11 is 0. The molecule has 1 saturated carbocycles. The molecule has 0 aliphatic heterocycles. The minimum atomic E-state index is -1.17. The van der Waals surface area contributed by atoms with Crippen LogP contribution in [0.15, 0.2) is 24.3 Å². The van der Waals surface area contributed by atoms with Gasteiger partial charge in [-0.1, -0.05) is 18.6 Å². The van der Waals surface area contributed by atoms with Crippen molar-refractivity contribution >= 4 is 5.69 Å². The fourth-order valence-electron chi connectivity index (χ4n) is 2.59. The summed E-state index contributed by atoms with van der Waals surface area (Å²) in [5.41, 5.74) is 6.07. The van der Waals surface area contributed by atoms with Gasteiger partial charge in [0.25, 0.3) is 0 Å². The van der Waals surface area contributed by atoms with Crippen molar-refractivity contribution in [3.63, 3.8) is 0 Å². The van der Waals surface area contributed by atoms with Gasteiger partial charge in [0, 0.05) is 11.1 Å². The Hall–Kier alpha value is -1.05. The minimum absolute atomic E-state index is 0.303. The van der Waals surface area contributed by atoms with Gasteiger partial charge in [0.05, 0.1) is 0 Å². The fraction of sp³-hybridized carbons (Fsp3) is 0.538. The normalized spacial score (nSPS) is 19.7. The molecule has 1 fully saturated rings. The molecule has 0 saturated heterocycles. The van der Waals surface area contributed by atoms with Crippen LogP contribution >= 0.6 is 0 Å². The smallest absolute Gasteiger partial charge is 0.115 e. The van der Waals surface area contributed by atoms with Crippen LogP contribution in [-0.2, 0) is 5.41 Å². The van der Waals surface area contributed by atoms with Crippen molar-refractivity contribution in [1.29, 1.82) is 0 Å². The summed E-state index contributed by atoms with van der Waals surface area (Å²) in [6.07, 6.45) is 2.97. The third kappa shape index (κ3) is 1.52. The van der Waals surface area contributed by atoms with Gasteiger partial charge in [0.1, 0.15) is 5.67 Å². The van der Waals surface area contributed by atoms with Gasteiger partial charge in [-0.3, -0.25) is 0 Å². The van der Waals surface area contributed by atoms with Gasteiger partial charge >= 0.3 is 0 Å². The fourth-order valence-corrected chi connectivity index (χ4v) is 2.59. The third-order valence-electron chi connectivity index (χ3n) is 3.78. The molecule has 0 amide bonds. The molecule has 0 radical (unpaired) electrons. The van der Waals surface area contributed by atoms with Crippen LogP contribution in [0.3, 0.4) is 0 Å². The van der Waals surface area contributed by atoms with Gasteiger partial charge < -0.3 is 5.73 Å². The Balaban J connectivity index is 2.43. The number of anilines is 1. The van der Waals surface area contributed by atoms with Gasteiger partial charge in [-0.15, -0.1) is 0 Å². The molecule has 0 heterocycles. The average Bonchev–Trinajstić information content (AvgIpc) is 1.98. The van der Waals surface area contributed by atoms with Crippen LogP contribution in [-0.4, -0.2) is 5.67 Å². The maximum absolute atomic E-state index is 14.3. The molecule has 15 heavy (non-hydrogen) atoms. The van der Waals surface area contributed by atoms with Crippen LogP contribution in [0.25, 0.3) is 0 Å². The number of halogens is 1. The van der Waals surface area contributed by atoms with Crippen molar-refractivity contribution in [2.45, 2.75) is 44.2 Å². The van der Waals surface area contributed by atoms with E-state index < -0.39 is 5.67 Å². The standard InChI is InChI=1S/C13H18FN/c1-12(2,14)13(7-4-8-13)10-5-3-6-11(15)9-10/h3,5-6,9H,4,7-8,15H2,1-2H3. The molecule has 1 nitrogen and oxygen atoms in total. The van der Waals surface area contributed by atoms with Gasteiger partial charge in [-0.2, -0.15) is 0 Å². The summed E-state index contributed by atoms with van der Waals surface area (Å²) < 4.78 is 14.3. The van der Waals surface area contributed by atoms with Crippen LogP contribution in [0.1, 0.15) is 38.7 Å². The van der Waals surface area contributed by atoms with Crippen molar-refractivity contribution in [3.8, 4) is 0 Å². The van der Waals surface area contributed by atoms with E-state index in [1.807, 2.05) is 24.3 Å². The SMILES string of the molecule is CC(C)(F)C1(c2cccc(N)c2)CCC1. The summed E-state index contributed by atoms with van der Waals surface area (Å²) in [6.45, 7) is 3.35. The van der Waals surface area contributed by atoms with Crippen LogP contribution in [0.2, 0.25) is 0 Å². The van der Waals surface area contributed by atoms with Gasteiger partial charge in [-0.25, -0.2) is 4.39 Å². The van der Waals surface area contributed by atoms with Gasteiger partial charge in [0.2, 0.25) is 0 Å². The molecule has 0 aromatic heterocycles. The highest BCUT2D eigenvalue weighted by Crippen LogP contribution is 2.52. The van der Waals surface area contributed by atoms with E-state index in [1.54, 1.807) is 13.8 Å². The molecule has 82 valence electrons. The highest BCUT2D eigenvalue weighted by molar-refractivity contribution is 5.45. The summed E-state index contributed by atoms with van der Waals surface area (Å²) in [6, 6.07) is 7.68. The van der Waals surface area contributed by atoms with E-state index in [4.69, 9.17) is 5.73 Å². The van der Waals surface area contributed by atoms with E-state index in [-0.39, 0.29) is 5.41 Å². The molecule has 1 aromatic rings. The third-order valence-corrected chi connectivity index (χ3v) is 3.78. The molecule has 2 N–H and O–H groups in total.